The summed E-state index contributed by atoms with van der Waals surface area (Å²) in [5.74, 6) is 1.33. The van der Waals surface area contributed by atoms with Crippen molar-refractivity contribution in [1.29, 1.82) is 0 Å². The van der Waals surface area contributed by atoms with Crippen molar-refractivity contribution in [1.82, 2.24) is 10.2 Å². The maximum absolute atomic E-state index is 9.88. The van der Waals surface area contributed by atoms with Gasteiger partial charge in [-0.05, 0) is 11.8 Å². The summed E-state index contributed by atoms with van der Waals surface area (Å²) >= 11 is 0. The molecule has 0 unspecified atom stereocenters. The molecule has 0 aromatic rings. The van der Waals surface area contributed by atoms with Crippen LogP contribution in [0.4, 0.5) is 0 Å². The Balaban J connectivity index is 2.53. The summed E-state index contributed by atoms with van der Waals surface area (Å²) < 4.78 is 0. The quantitative estimate of drug-likeness (QED) is 0.715. The molecular weight excluding hydrogens is 188 g/mol. The van der Waals surface area contributed by atoms with Crippen LogP contribution in [0.5, 0.6) is 0 Å². The van der Waals surface area contributed by atoms with E-state index in [1.54, 1.807) is 0 Å². The van der Waals surface area contributed by atoms with Crippen LogP contribution in [-0.4, -0.2) is 48.3 Å². The molecule has 0 aromatic carbocycles. The molecule has 0 radical (unpaired) electrons. The zero-order valence-electron chi connectivity index (χ0n) is 10.5. The first-order valence-electron chi connectivity index (χ1n) is 6.13. The normalized spacial score (nSPS) is 27.2. The Hall–Kier alpha value is -0.120. The maximum atomic E-state index is 9.88. The van der Waals surface area contributed by atoms with Gasteiger partial charge in [0.1, 0.15) is 0 Å². The maximum Gasteiger partial charge on any atom is 0.0831 e. The largest absolute Gasteiger partial charge is 0.390 e. The average molecular weight is 214 g/mol. The lowest BCUT2D eigenvalue weighted by atomic mass is 10.1. The van der Waals surface area contributed by atoms with Gasteiger partial charge in [0.05, 0.1) is 6.10 Å². The Morgan fingerprint density at radius 2 is 1.67 bits per heavy atom. The van der Waals surface area contributed by atoms with E-state index in [0.717, 1.165) is 26.2 Å². The SMILES string of the molecule is CC(C)CN(CC(C)C)[C@@H]1CNC[C@H]1O. The molecule has 15 heavy (non-hydrogen) atoms. The van der Waals surface area contributed by atoms with Gasteiger partial charge in [0.25, 0.3) is 0 Å². The van der Waals surface area contributed by atoms with E-state index in [9.17, 15) is 5.11 Å². The standard InChI is InChI=1S/C12H26N2O/c1-9(2)7-14(8-10(3)4)11-5-13-6-12(11)15/h9-13,15H,5-8H2,1-4H3/t11-,12-/m1/s1. The summed E-state index contributed by atoms with van der Waals surface area (Å²) in [5.41, 5.74) is 0. The number of rotatable bonds is 5. The van der Waals surface area contributed by atoms with E-state index in [2.05, 4.69) is 37.9 Å². The van der Waals surface area contributed by atoms with Gasteiger partial charge in [-0.3, -0.25) is 4.90 Å². The minimum Gasteiger partial charge on any atom is -0.390 e. The van der Waals surface area contributed by atoms with Gasteiger partial charge in [-0.1, -0.05) is 27.7 Å². The van der Waals surface area contributed by atoms with E-state index >= 15 is 0 Å². The van der Waals surface area contributed by atoms with Gasteiger partial charge in [0.15, 0.2) is 0 Å². The summed E-state index contributed by atoms with van der Waals surface area (Å²) in [7, 11) is 0. The van der Waals surface area contributed by atoms with Crippen LogP contribution in [-0.2, 0) is 0 Å². The zero-order chi connectivity index (χ0) is 11.4. The van der Waals surface area contributed by atoms with Crippen LogP contribution in [0.3, 0.4) is 0 Å². The number of hydrogen-bond acceptors (Lipinski definition) is 3. The molecule has 1 aliphatic rings. The molecule has 0 amide bonds. The number of nitrogens with zero attached hydrogens (tertiary/aromatic N) is 1. The van der Waals surface area contributed by atoms with E-state index < -0.39 is 0 Å². The van der Waals surface area contributed by atoms with Gasteiger partial charge in [0.2, 0.25) is 0 Å². The third-order valence-electron chi connectivity index (χ3n) is 2.82. The van der Waals surface area contributed by atoms with Crippen LogP contribution < -0.4 is 5.32 Å². The summed E-state index contributed by atoms with van der Waals surface area (Å²) in [4.78, 5) is 2.44. The van der Waals surface area contributed by atoms with Crippen LogP contribution in [0.15, 0.2) is 0 Å². The van der Waals surface area contributed by atoms with Gasteiger partial charge in [-0.2, -0.15) is 0 Å². The van der Waals surface area contributed by atoms with Gasteiger partial charge in [-0.25, -0.2) is 0 Å². The van der Waals surface area contributed by atoms with Crippen LogP contribution in [0, 0.1) is 11.8 Å². The Morgan fingerprint density at radius 1 is 1.13 bits per heavy atom. The second-order valence-corrected chi connectivity index (χ2v) is 5.53. The van der Waals surface area contributed by atoms with E-state index in [1.165, 1.54) is 0 Å². The predicted octanol–water partition coefficient (Wildman–Crippen LogP) is 0.933. The lowest BCUT2D eigenvalue weighted by molar-refractivity contribution is 0.0677. The highest BCUT2D eigenvalue weighted by molar-refractivity contribution is 4.89. The molecular formula is C12H26N2O. The molecule has 0 spiro atoms. The molecule has 0 bridgehead atoms. The Bertz CT molecular complexity index is 172. The zero-order valence-corrected chi connectivity index (χ0v) is 10.5. The molecule has 0 aliphatic carbocycles. The molecule has 1 heterocycles. The molecule has 0 aromatic heterocycles. The number of hydrogen-bond donors (Lipinski definition) is 2. The van der Waals surface area contributed by atoms with Crippen molar-refractivity contribution < 1.29 is 5.11 Å². The molecule has 1 saturated heterocycles. The number of aliphatic hydroxyl groups excluding tert-OH is 1. The molecule has 3 heteroatoms. The summed E-state index contributed by atoms with van der Waals surface area (Å²) in [6.45, 7) is 12.8. The first kappa shape index (κ1) is 12.9. The van der Waals surface area contributed by atoms with Crippen molar-refractivity contribution in [3.63, 3.8) is 0 Å². The second kappa shape index (κ2) is 5.83. The minimum absolute atomic E-state index is 0.192. The molecule has 3 nitrogen and oxygen atoms in total. The highest BCUT2D eigenvalue weighted by Crippen LogP contribution is 2.14. The highest BCUT2D eigenvalue weighted by atomic mass is 16.3. The van der Waals surface area contributed by atoms with Crippen LogP contribution in [0.25, 0.3) is 0 Å². The fourth-order valence-electron chi connectivity index (χ4n) is 2.31. The fourth-order valence-corrected chi connectivity index (χ4v) is 2.31. The van der Waals surface area contributed by atoms with Crippen molar-refractivity contribution in [3.05, 3.63) is 0 Å². The lowest BCUT2D eigenvalue weighted by Gasteiger charge is -2.33. The lowest BCUT2D eigenvalue weighted by Crippen LogP contribution is -2.46. The predicted molar refractivity (Wildman–Crippen MR) is 63.9 cm³/mol. The molecule has 1 rings (SSSR count). The third kappa shape index (κ3) is 4.09. The third-order valence-corrected chi connectivity index (χ3v) is 2.82. The second-order valence-electron chi connectivity index (χ2n) is 5.53. The monoisotopic (exact) mass is 214 g/mol. The first-order valence-corrected chi connectivity index (χ1v) is 6.13. The Kier molecular flexibility index (Phi) is 5.03. The van der Waals surface area contributed by atoms with Crippen LogP contribution >= 0.6 is 0 Å². The summed E-state index contributed by atoms with van der Waals surface area (Å²) in [5, 5.41) is 13.1. The first-order chi connectivity index (χ1) is 7.00. The van der Waals surface area contributed by atoms with E-state index in [0.29, 0.717) is 17.9 Å². The molecule has 1 fully saturated rings. The van der Waals surface area contributed by atoms with Gasteiger partial charge >= 0.3 is 0 Å². The van der Waals surface area contributed by atoms with E-state index in [4.69, 9.17) is 0 Å². The van der Waals surface area contributed by atoms with Crippen molar-refractivity contribution in [2.75, 3.05) is 26.2 Å². The van der Waals surface area contributed by atoms with Gasteiger partial charge in [0, 0.05) is 32.2 Å². The highest BCUT2D eigenvalue weighted by Gasteiger charge is 2.30. The molecule has 0 saturated carbocycles. The van der Waals surface area contributed by atoms with E-state index in [1.807, 2.05) is 0 Å². The van der Waals surface area contributed by atoms with Crippen molar-refractivity contribution in [3.8, 4) is 0 Å². The average Bonchev–Trinajstić information content (AvgIpc) is 2.48. The minimum atomic E-state index is -0.192. The molecule has 2 N–H and O–H groups in total. The molecule has 2 atom stereocenters. The van der Waals surface area contributed by atoms with E-state index in [-0.39, 0.29) is 6.10 Å². The fraction of sp³-hybridized carbons (Fsp3) is 1.00. The Labute approximate surface area is 93.9 Å². The van der Waals surface area contributed by atoms with Gasteiger partial charge < -0.3 is 10.4 Å². The topological polar surface area (TPSA) is 35.5 Å². The Morgan fingerprint density at radius 3 is 2.00 bits per heavy atom. The van der Waals surface area contributed by atoms with Crippen molar-refractivity contribution in [2.24, 2.45) is 11.8 Å². The number of nitrogens with one attached hydrogen (secondary N) is 1. The molecule has 1 aliphatic heterocycles. The molecule has 90 valence electrons. The smallest absolute Gasteiger partial charge is 0.0831 e. The summed E-state index contributed by atoms with van der Waals surface area (Å²) in [6, 6.07) is 0.315. The van der Waals surface area contributed by atoms with Crippen molar-refractivity contribution >= 4 is 0 Å². The van der Waals surface area contributed by atoms with Crippen LogP contribution in [0.1, 0.15) is 27.7 Å². The summed E-state index contributed by atoms with van der Waals surface area (Å²) in [6.07, 6.45) is -0.192. The van der Waals surface area contributed by atoms with Crippen molar-refractivity contribution in [2.45, 2.75) is 39.8 Å². The number of β-amino-alcohol motifs (C(OH)–C–C–N with tert-alkyl or cyclic N) is 1. The van der Waals surface area contributed by atoms with Crippen LogP contribution in [0.2, 0.25) is 0 Å². The number of aliphatic hydroxyl groups is 1. The van der Waals surface area contributed by atoms with Gasteiger partial charge in [-0.15, -0.1) is 0 Å².